The van der Waals surface area contributed by atoms with Crippen molar-refractivity contribution in [3.8, 4) is 0 Å². The van der Waals surface area contributed by atoms with E-state index in [1.807, 2.05) is 36.4 Å². The summed E-state index contributed by atoms with van der Waals surface area (Å²) in [7, 11) is -7.43. The van der Waals surface area contributed by atoms with E-state index in [2.05, 4.69) is 9.81 Å². The number of rotatable bonds is 9. The molecular weight excluding hydrogens is 582 g/mol. The van der Waals surface area contributed by atoms with E-state index in [0.29, 0.717) is 16.8 Å². The first-order valence-corrected chi connectivity index (χ1v) is 15.7. The number of sulfonamides is 1. The second-order valence-electron chi connectivity index (χ2n) is 8.12. The van der Waals surface area contributed by atoms with Crippen molar-refractivity contribution in [2.75, 3.05) is 9.81 Å². The maximum absolute atomic E-state index is 14.1. The number of hydrogen-bond acceptors (Lipinski definition) is 3. The zero-order chi connectivity index (χ0) is 27.2. The molecule has 38 heavy (non-hydrogen) atoms. The number of halogens is 3. The Labute approximate surface area is 237 Å². The molecule has 0 saturated heterocycles. The first-order chi connectivity index (χ1) is 18.2. The van der Waals surface area contributed by atoms with Crippen LogP contribution in [0.1, 0.15) is 11.1 Å². The molecule has 1 atom stereocenters. The summed E-state index contributed by atoms with van der Waals surface area (Å²) in [5.41, 5.74) is 2.05. The van der Waals surface area contributed by atoms with Crippen molar-refractivity contribution < 1.29 is 13.0 Å². The van der Waals surface area contributed by atoms with E-state index in [4.69, 9.17) is 34.8 Å². The van der Waals surface area contributed by atoms with Gasteiger partial charge in [0.05, 0.1) is 25.7 Å². The summed E-state index contributed by atoms with van der Waals surface area (Å²) in [6.07, 6.45) is 0. The van der Waals surface area contributed by atoms with Gasteiger partial charge in [0.2, 0.25) is 7.29 Å². The first-order valence-electron chi connectivity index (χ1n) is 11.3. The van der Waals surface area contributed by atoms with Crippen molar-refractivity contribution in [2.24, 2.45) is 0 Å². The van der Waals surface area contributed by atoms with Crippen LogP contribution in [0, 0.1) is 0 Å². The van der Waals surface area contributed by atoms with Gasteiger partial charge in [-0.2, -0.15) is 0 Å². The van der Waals surface area contributed by atoms with Crippen molar-refractivity contribution in [1.29, 1.82) is 0 Å². The van der Waals surface area contributed by atoms with Gasteiger partial charge in [-0.1, -0.05) is 108 Å². The van der Waals surface area contributed by atoms with Crippen molar-refractivity contribution in [3.05, 3.63) is 137 Å². The average molecular weight is 604 g/mol. The van der Waals surface area contributed by atoms with Crippen LogP contribution in [0.3, 0.4) is 0 Å². The van der Waals surface area contributed by atoms with E-state index in [1.54, 1.807) is 48.5 Å². The standard InChI is InChI=1S/C28H22Cl3N2O3PS/c29-25-13-7-8-14-28(25)33-38(35,36)24-17-15-23(16-18-24)32-37(34,19-26(30)21-9-3-1-4-10-21)20-27(31)22-11-5-2-6-12-22/h1-20,33H,(H,32,34)/b26-19-,27-20+. The van der Waals surface area contributed by atoms with Gasteiger partial charge in [0.25, 0.3) is 10.0 Å². The fourth-order valence-electron chi connectivity index (χ4n) is 3.44. The summed E-state index contributed by atoms with van der Waals surface area (Å²) in [5.74, 6) is 2.86. The van der Waals surface area contributed by atoms with Crippen molar-refractivity contribution in [2.45, 2.75) is 4.90 Å². The predicted octanol–water partition coefficient (Wildman–Crippen LogP) is 9.31. The Bertz CT molecular complexity index is 1570. The van der Waals surface area contributed by atoms with Crippen LogP contribution in [-0.4, -0.2) is 8.42 Å². The zero-order valence-electron chi connectivity index (χ0n) is 19.8. The van der Waals surface area contributed by atoms with Crippen LogP contribution < -0.4 is 9.81 Å². The Balaban J connectivity index is 1.65. The van der Waals surface area contributed by atoms with E-state index in [0.717, 1.165) is 0 Å². The highest BCUT2D eigenvalue weighted by Crippen LogP contribution is 2.53. The normalized spacial score (nSPS) is 14.0. The van der Waals surface area contributed by atoms with E-state index in [9.17, 15) is 13.0 Å². The largest absolute Gasteiger partial charge is 0.330 e. The zero-order valence-corrected chi connectivity index (χ0v) is 23.7. The SMILES string of the molecule is O=P(/C=C(\Cl)c1ccccc1)(/C=C(/Cl)c1ccccc1)Nc1ccc(S(=O)(=O)Nc2ccccc2Cl)cc1. The maximum Gasteiger partial charge on any atom is 0.261 e. The number of hydrogen-bond donors (Lipinski definition) is 2. The van der Waals surface area contributed by atoms with Crippen LogP contribution in [0.15, 0.2) is 126 Å². The van der Waals surface area contributed by atoms with Crippen LogP contribution in [-0.2, 0) is 14.6 Å². The summed E-state index contributed by atoms with van der Waals surface area (Å²) in [6.45, 7) is 0. The van der Waals surface area contributed by atoms with Gasteiger partial charge in [-0.25, -0.2) is 8.42 Å². The Kier molecular flexibility index (Phi) is 9.03. The fraction of sp³-hybridized carbons (Fsp3) is 0. The van der Waals surface area contributed by atoms with Crippen LogP contribution in [0.25, 0.3) is 10.1 Å². The quantitative estimate of drug-likeness (QED) is 0.187. The molecule has 1 unspecified atom stereocenters. The molecule has 0 radical (unpaired) electrons. The van der Waals surface area contributed by atoms with Gasteiger partial charge in [-0.15, -0.1) is 0 Å². The number of benzene rings is 4. The smallest absolute Gasteiger partial charge is 0.261 e. The third-order valence-corrected chi connectivity index (χ3v) is 9.86. The van der Waals surface area contributed by atoms with Crippen LogP contribution >= 0.6 is 42.1 Å². The summed E-state index contributed by atoms with van der Waals surface area (Å²) in [5, 5.41) is 3.82. The molecule has 4 aromatic carbocycles. The Morgan fingerprint density at radius 3 is 1.66 bits per heavy atom. The van der Waals surface area contributed by atoms with Gasteiger partial charge in [0, 0.05) is 17.3 Å². The van der Waals surface area contributed by atoms with E-state index in [-0.39, 0.29) is 25.7 Å². The molecular formula is C28H22Cl3N2O3PS. The molecule has 0 aliphatic carbocycles. The second kappa shape index (κ2) is 12.2. The van der Waals surface area contributed by atoms with Gasteiger partial charge in [-0.05, 0) is 47.5 Å². The molecule has 0 spiro atoms. The average Bonchev–Trinajstić information content (AvgIpc) is 2.91. The number of anilines is 2. The van der Waals surface area contributed by atoms with Gasteiger partial charge >= 0.3 is 0 Å². The van der Waals surface area contributed by atoms with Crippen LogP contribution in [0.2, 0.25) is 5.02 Å². The summed E-state index contributed by atoms with van der Waals surface area (Å²) < 4.78 is 42.3. The first kappa shape index (κ1) is 28.0. The van der Waals surface area contributed by atoms with Crippen LogP contribution in [0.4, 0.5) is 11.4 Å². The molecule has 2 N–H and O–H groups in total. The molecule has 10 heteroatoms. The van der Waals surface area contributed by atoms with Crippen molar-refractivity contribution in [3.63, 3.8) is 0 Å². The van der Waals surface area contributed by atoms with E-state index in [1.165, 1.54) is 35.9 Å². The minimum atomic E-state index is -3.90. The summed E-state index contributed by atoms with van der Waals surface area (Å²) in [4.78, 5) is 0.00789. The molecule has 0 aliphatic rings. The van der Waals surface area contributed by atoms with Gasteiger partial charge in [0.15, 0.2) is 0 Å². The summed E-state index contributed by atoms with van der Waals surface area (Å²) in [6, 6.07) is 30.6. The number of para-hydroxylation sites is 1. The van der Waals surface area contributed by atoms with Crippen molar-refractivity contribution in [1.82, 2.24) is 0 Å². The third kappa shape index (κ3) is 7.31. The lowest BCUT2D eigenvalue weighted by Gasteiger charge is -2.16. The monoisotopic (exact) mass is 602 g/mol. The Morgan fingerprint density at radius 2 is 1.16 bits per heavy atom. The lowest BCUT2D eigenvalue weighted by Crippen LogP contribution is -2.13. The molecule has 0 saturated carbocycles. The van der Waals surface area contributed by atoms with Crippen molar-refractivity contribution >= 4 is 73.6 Å². The molecule has 0 amide bonds. The minimum absolute atomic E-state index is 0.00789. The highest BCUT2D eigenvalue weighted by atomic mass is 35.5. The minimum Gasteiger partial charge on any atom is -0.330 e. The van der Waals surface area contributed by atoms with E-state index >= 15 is 0 Å². The van der Waals surface area contributed by atoms with Gasteiger partial charge in [0.1, 0.15) is 0 Å². The second-order valence-corrected chi connectivity index (χ2v) is 13.2. The maximum atomic E-state index is 14.1. The van der Waals surface area contributed by atoms with Gasteiger partial charge < -0.3 is 5.09 Å². The lowest BCUT2D eigenvalue weighted by molar-refractivity contribution is 0.589. The Hall–Kier alpha value is -2.99. The molecule has 0 fully saturated rings. The van der Waals surface area contributed by atoms with E-state index < -0.39 is 17.3 Å². The molecule has 0 bridgehead atoms. The molecule has 4 aromatic rings. The molecule has 4 rings (SSSR count). The third-order valence-electron chi connectivity index (χ3n) is 5.30. The molecule has 194 valence electrons. The summed E-state index contributed by atoms with van der Waals surface area (Å²) >= 11 is 19.2. The number of nitrogens with one attached hydrogen (secondary N) is 2. The topological polar surface area (TPSA) is 75.3 Å². The molecule has 5 nitrogen and oxygen atoms in total. The fourth-order valence-corrected chi connectivity index (χ4v) is 7.61. The highest BCUT2D eigenvalue weighted by Gasteiger charge is 2.21. The van der Waals surface area contributed by atoms with Crippen LogP contribution in [0.5, 0.6) is 0 Å². The highest BCUT2D eigenvalue weighted by molar-refractivity contribution is 7.92. The molecule has 0 aromatic heterocycles. The molecule has 0 aliphatic heterocycles. The van der Waals surface area contributed by atoms with Gasteiger partial charge in [-0.3, -0.25) is 9.29 Å². The Morgan fingerprint density at radius 1 is 0.684 bits per heavy atom. The lowest BCUT2D eigenvalue weighted by atomic mass is 10.2. The predicted molar refractivity (Wildman–Crippen MR) is 160 cm³/mol. The molecule has 0 heterocycles.